The maximum atomic E-state index is 13.7. The van der Waals surface area contributed by atoms with Gasteiger partial charge < -0.3 is 24.7 Å². The van der Waals surface area contributed by atoms with Crippen LogP contribution in [0.5, 0.6) is 0 Å². The molecule has 1 aliphatic heterocycles. The predicted octanol–water partition coefficient (Wildman–Crippen LogP) is 3.12. The number of anilines is 1. The summed E-state index contributed by atoms with van der Waals surface area (Å²) in [6.45, 7) is 6.52. The Bertz CT molecular complexity index is 1260. The lowest BCUT2D eigenvalue weighted by Gasteiger charge is -2.34. The normalized spacial score (nSPS) is 15.8. The van der Waals surface area contributed by atoms with Crippen LogP contribution in [0.3, 0.4) is 0 Å². The van der Waals surface area contributed by atoms with Crippen LogP contribution < -0.4 is 10.6 Å². The molecule has 0 spiro atoms. The van der Waals surface area contributed by atoms with Gasteiger partial charge in [-0.15, -0.1) is 0 Å². The van der Waals surface area contributed by atoms with E-state index in [1.54, 1.807) is 12.1 Å². The molecule has 2 unspecified atom stereocenters. The number of nitrogens with zero attached hydrogens (tertiary/aromatic N) is 3. The SMILES string of the molecule is CCOC(C=O)CNC(C)(C(=O)N1CCCC1)c1ccc2[nH]c(CCNc3ccc(C#N)cc3)nc2c1. The molecular formula is C28H34N6O3. The number of aromatic nitrogens is 2. The minimum atomic E-state index is -1.02. The summed E-state index contributed by atoms with van der Waals surface area (Å²) in [4.78, 5) is 35.2. The highest BCUT2D eigenvalue weighted by molar-refractivity contribution is 5.89. The number of H-pyrrole nitrogens is 1. The van der Waals surface area contributed by atoms with E-state index in [0.29, 0.717) is 25.1 Å². The number of likely N-dealkylation sites (tertiary alicyclic amines) is 1. The number of carbonyl (C=O) groups excluding carboxylic acids is 2. The number of carbonyl (C=O) groups is 2. The van der Waals surface area contributed by atoms with Crippen LogP contribution in [-0.2, 0) is 26.3 Å². The van der Waals surface area contributed by atoms with Gasteiger partial charge in [-0.2, -0.15) is 5.26 Å². The van der Waals surface area contributed by atoms with Crippen molar-refractivity contribution in [2.24, 2.45) is 0 Å². The first-order chi connectivity index (χ1) is 18.0. The van der Waals surface area contributed by atoms with E-state index in [2.05, 4.69) is 21.7 Å². The fraction of sp³-hybridized carbons (Fsp3) is 0.429. The highest BCUT2D eigenvalue weighted by atomic mass is 16.5. The Morgan fingerprint density at radius 1 is 1.27 bits per heavy atom. The molecule has 0 radical (unpaired) electrons. The number of nitriles is 1. The fourth-order valence-corrected chi connectivity index (χ4v) is 4.68. The molecule has 1 saturated heterocycles. The lowest BCUT2D eigenvalue weighted by atomic mass is 9.89. The van der Waals surface area contributed by atoms with Gasteiger partial charge in [0, 0.05) is 44.9 Å². The van der Waals surface area contributed by atoms with Crippen LogP contribution in [0, 0.1) is 11.3 Å². The van der Waals surface area contributed by atoms with Crippen molar-refractivity contribution >= 4 is 28.9 Å². The van der Waals surface area contributed by atoms with Gasteiger partial charge in [0.1, 0.15) is 23.8 Å². The second-order valence-electron chi connectivity index (χ2n) is 9.42. The zero-order valence-corrected chi connectivity index (χ0v) is 21.4. The minimum Gasteiger partial charge on any atom is -0.385 e. The van der Waals surface area contributed by atoms with Crippen molar-refractivity contribution in [3.63, 3.8) is 0 Å². The maximum Gasteiger partial charge on any atom is 0.247 e. The number of aldehydes is 1. The Hall–Kier alpha value is -3.74. The largest absolute Gasteiger partial charge is 0.385 e. The van der Waals surface area contributed by atoms with Crippen molar-refractivity contribution in [1.82, 2.24) is 20.2 Å². The van der Waals surface area contributed by atoms with E-state index >= 15 is 0 Å². The Labute approximate surface area is 217 Å². The van der Waals surface area contributed by atoms with Gasteiger partial charge >= 0.3 is 0 Å². The first-order valence-electron chi connectivity index (χ1n) is 12.8. The van der Waals surface area contributed by atoms with Crippen LogP contribution in [-0.4, -0.2) is 66.0 Å². The van der Waals surface area contributed by atoms with Gasteiger partial charge in [-0.05, 0) is 68.7 Å². The minimum absolute atomic E-state index is 0.00660. The van der Waals surface area contributed by atoms with Gasteiger partial charge in [0.25, 0.3) is 0 Å². The highest BCUT2D eigenvalue weighted by Crippen LogP contribution is 2.28. The van der Waals surface area contributed by atoms with Crippen LogP contribution in [0.4, 0.5) is 5.69 Å². The summed E-state index contributed by atoms with van der Waals surface area (Å²) in [6.07, 6.45) is 2.82. The number of hydrogen-bond acceptors (Lipinski definition) is 7. The average molecular weight is 503 g/mol. The number of nitrogens with one attached hydrogen (secondary N) is 3. The monoisotopic (exact) mass is 502 g/mol. The number of benzene rings is 2. The quantitative estimate of drug-likeness (QED) is 0.325. The van der Waals surface area contributed by atoms with E-state index in [9.17, 15) is 9.59 Å². The van der Waals surface area contributed by atoms with E-state index in [1.165, 1.54) is 0 Å². The Morgan fingerprint density at radius 3 is 2.70 bits per heavy atom. The van der Waals surface area contributed by atoms with Crippen LogP contribution in [0.1, 0.15) is 43.6 Å². The Morgan fingerprint density at radius 2 is 2.03 bits per heavy atom. The number of ether oxygens (including phenoxy) is 1. The second kappa shape index (κ2) is 12.0. The Kier molecular flexibility index (Phi) is 8.54. The van der Waals surface area contributed by atoms with Gasteiger partial charge in [0.2, 0.25) is 5.91 Å². The molecule has 3 N–H and O–H groups in total. The number of aromatic amines is 1. The van der Waals surface area contributed by atoms with Gasteiger partial charge in [-0.1, -0.05) is 6.07 Å². The smallest absolute Gasteiger partial charge is 0.247 e. The number of fused-ring (bicyclic) bond motifs is 1. The van der Waals surface area contributed by atoms with E-state index < -0.39 is 11.6 Å². The van der Waals surface area contributed by atoms with Crippen LogP contribution in [0.25, 0.3) is 11.0 Å². The summed E-state index contributed by atoms with van der Waals surface area (Å²) in [5.74, 6) is 0.832. The zero-order valence-electron chi connectivity index (χ0n) is 21.4. The zero-order chi connectivity index (χ0) is 26.3. The third kappa shape index (κ3) is 6.16. The first kappa shape index (κ1) is 26.3. The van der Waals surface area contributed by atoms with E-state index in [1.807, 2.05) is 49.1 Å². The molecular weight excluding hydrogens is 468 g/mol. The summed E-state index contributed by atoms with van der Waals surface area (Å²) in [7, 11) is 0. The molecule has 2 heterocycles. The van der Waals surface area contributed by atoms with Crippen molar-refractivity contribution in [2.45, 2.75) is 44.8 Å². The summed E-state index contributed by atoms with van der Waals surface area (Å²) in [5, 5.41) is 15.6. The molecule has 1 fully saturated rings. The molecule has 9 heteroatoms. The maximum absolute atomic E-state index is 13.7. The molecule has 4 rings (SSSR count). The van der Waals surface area contributed by atoms with Crippen molar-refractivity contribution in [3.8, 4) is 6.07 Å². The summed E-state index contributed by atoms with van der Waals surface area (Å²) in [5.41, 5.74) is 3.03. The molecule has 2 atom stereocenters. The molecule has 1 aliphatic rings. The van der Waals surface area contributed by atoms with Gasteiger partial charge in [0.05, 0.1) is 22.7 Å². The molecule has 37 heavy (non-hydrogen) atoms. The molecule has 0 bridgehead atoms. The van der Waals surface area contributed by atoms with Crippen molar-refractivity contribution in [1.29, 1.82) is 5.26 Å². The molecule has 3 aromatic rings. The number of imidazole rings is 1. The number of hydrogen-bond donors (Lipinski definition) is 3. The summed E-state index contributed by atoms with van der Waals surface area (Å²) in [6, 6.07) is 15.3. The fourth-order valence-electron chi connectivity index (χ4n) is 4.68. The number of rotatable bonds is 12. The molecule has 9 nitrogen and oxygen atoms in total. The molecule has 1 amide bonds. The molecule has 1 aromatic heterocycles. The van der Waals surface area contributed by atoms with E-state index in [-0.39, 0.29) is 12.5 Å². The van der Waals surface area contributed by atoms with Crippen molar-refractivity contribution in [3.05, 3.63) is 59.4 Å². The molecule has 0 saturated carbocycles. The standard InChI is InChI=1S/C28H34N6O3/c1-3-37-23(19-35)18-31-28(2,27(36)34-14-4-5-15-34)21-8-11-24-25(16-21)33-26(32-24)12-13-30-22-9-6-20(17-29)7-10-22/h6-11,16,19,23,30-31H,3-5,12-15,18H2,1-2H3,(H,32,33). The van der Waals surface area contributed by atoms with E-state index in [4.69, 9.17) is 15.0 Å². The summed E-state index contributed by atoms with van der Waals surface area (Å²) >= 11 is 0. The van der Waals surface area contributed by atoms with Crippen LogP contribution in [0.2, 0.25) is 0 Å². The third-order valence-electron chi connectivity index (χ3n) is 6.82. The average Bonchev–Trinajstić information content (AvgIpc) is 3.60. The number of amides is 1. The van der Waals surface area contributed by atoms with Gasteiger partial charge in [-0.3, -0.25) is 10.1 Å². The Balaban J connectivity index is 1.51. The first-order valence-corrected chi connectivity index (χ1v) is 12.8. The van der Waals surface area contributed by atoms with Crippen LogP contribution >= 0.6 is 0 Å². The lowest BCUT2D eigenvalue weighted by Crippen LogP contribution is -2.55. The van der Waals surface area contributed by atoms with Crippen molar-refractivity contribution < 1.29 is 14.3 Å². The third-order valence-corrected chi connectivity index (χ3v) is 6.82. The lowest BCUT2D eigenvalue weighted by molar-refractivity contribution is -0.137. The van der Waals surface area contributed by atoms with Crippen molar-refractivity contribution in [2.75, 3.05) is 38.1 Å². The van der Waals surface area contributed by atoms with Gasteiger partial charge in [-0.25, -0.2) is 4.98 Å². The molecule has 194 valence electrons. The van der Waals surface area contributed by atoms with Gasteiger partial charge in [0.15, 0.2) is 0 Å². The topological polar surface area (TPSA) is 123 Å². The second-order valence-corrected chi connectivity index (χ2v) is 9.42. The summed E-state index contributed by atoms with van der Waals surface area (Å²) < 4.78 is 5.49. The predicted molar refractivity (Wildman–Crippen MR) is 142 cm³/mol. The highest BCUT2D eigenvalue weighted by Gasteiger charge is 2.39. The molecule has 2 aromatic carbocycles. The van der Waals surface area contributed by atoms with Crippen LogP contribution in [0.15, 0.2) is 42.5 Å². The van der Waals surface area contributed by atoms with E-state index in [0.717, 1.165) is 60.3 Å². The molecule has 0 aliphatic carbocycles.